The topological polar surface area (TPSA) is 84.3 Å². The molecule has 2 N–H and O–H groups in total. The predicted octanol–water partition coefficient (Wildman–Crippen LogP) is 2.95. The average molecular weight is 291 g/mol. The molecule has 0 radical (unpaired) electrons. The molecule has 0 spiro atoms. The molecule has 1 amide bonds. The number of amides is 1. The van der Waals surface area contributed by atoms with Gasteiger partial charge in [-0.15, -0.1) is 0 Å². The molecule has 6 heteroatoms. The van der Waals surface area contributed by atoms with Crippen molar-refractivity contribution in [3.05, 3.63) is 33.9 Å². The molecule has 0 bridgehead atoms. The summed E-state index contributed by atoms with van der Waals surface area (Å²) in [5.74, 6) is -0.254. The van der Waals surface area contributed by atoms with Gasteiger partial charge in [-0.3, -0.25) is 14.9 Å². The van der Waals surface area contributed by atoms with Crippen molar-refractivity contribution in [2.75, 3.05) is 11.9 Å². The van der Waals surface area contributed by atoms with Crippen LogP contribution >= 0.6 is 0 Å². The molecule has 1 fully saturated rings. The third-order valence-corrected chi connectivity index (χ3v) is 3.84. The summed E-state index contributed by atoms with van der Waals surface area (Å²) in [7, 11) is 0. The Kier molecular flexibility index (Phi) is 4.16. The Balaban J connectivity index is 2.15. The molecule has 1 aliphatic rings. The standard InChI is InChI=1S/C15H21N3O3/c1-4-7-16-11-6-5-10(8-12(11)18(20)21)14(19)17-13-9-15(13,2)3/h5-6,8,13,16H,4,7,9H2,1-3H3,(H,17,19). The zero-order valence-electron chi connectivity index (χ0n) is 12.6. The van der Waals surface area contributed by atoms with Crippen LogP contribution in [0.15, 0.2) is 18.2 Å². The van der Waals surface area contributed by atoms with Crippen LogP contribution in [0, 0.1) is 15.5 Å². The number of carbonyl (C=O) groups excluding carboxylic acids is 1. The predicted molar refractivity (Wildman–Crippen MR) is 81.5 cm³/mol. The Morgan fingerprint density at radius 1 is 1.48 bits per heavy atom. The van der Waals surface area contributed by atoms with Crippen LogP contribution in [-0.4, -0.2) is 23.4 Å². The highest BCUT2D eigenvalue weighted by molar-refractivity contribution is 5.96. The molecular weight excluding hydrogens is 270 g/mol. The van der Waals surface area contributed by atoms with Crippen molar-refractivity contribution in [2.45, 2.75) is 39.7 Å². The van der Waals surface area contributed by atoms with E-state index in [9.17, 15) is 14.9 Å². The maximum Gasteiger partial charge on any atom is 0.293 e. The van der Waals surface area contributed by atoms with Crippen LogP contribution in [0.25, 0.3) is 0 Å². The SMILES string of the molecule is CCCNc1ccc(C(=O)NC2CC2(C)C)cc1[N+](=O)[O-]. The lowest BCUT2D eigenvalue weighted by atomic mass is 10.1. The van der Waals surface area contributed by atoms with Crippen molar-refractivity contribution in [1.82, 2.24) is 5.32 Å². The third kappa shape index (κ3) is 3.51. The van der Waals surface area contributed by atoms with E-state index in [1.54, 1.807) is 12.1 Å². The number of carbonyl (C=O) groups is 1. The molecule has 6 nitrogen and oxygen atoms in total. The molecule has 0 aromatic heterocycles. The first kappa shape index (κ1) is 15.3. The van der Waals surface area contributed by atoms with E-state index in [0.717, 1.165) is 12.8 Å². The summed E-state index contributed by atoms with van der Waals surface area (Å²) in [5, 5.41) is 17.0. The fourth-order valence-corrected chi connectivity index (χ4v) is 2.19. The Labute approximate surface area is 124 Å². The highest BCUT2D eigenvalue weighted by Gasteiger charge is 2.46. The summed E-state index contributed by atoms with van der Waals surface area (Å²) in [4.78, 5) is 22.8. The van der Waals surface area contributed by atoms with Crippen LogP contribution < -0.4 is 10.6 Å². The van der Waals surface area contributed by atoms with Crippen molar-refractivity contribution in [1.29, 1.82) is 0 Å². The second kappa shape index (κ2) is 5.71. The van der Waals surface area contributed by atoms with E-state index in [0.29, 0.717) is 17.8 Å². The number of rotatable bonds is 6. The minimum absolute atomic E-state index is 0.0637. The van der Waals surface area contributed by atoms with Gasteiger partial charge in [-0.1, -0.05) is 20.8 Å². The summed E-state index contributed by atoms with van der Waals surface area (Å²) in [6.07, 6.45) is 1.81. The van der Waals surface area contributed by atoms with E-state index in [1.165, 1.54) is 6.07 Å². The molecule has 114 valence electrons. The molecule has 1 aliphatic carbocycles. The molecular formula is C15H21N3O3. The van der Waals surface area contributed by atoms with Crippen LogP contribution in [0.3, 0.4) is 0 Å². The molecule has 1 saturated carbocycles. The fourth-order valence-electron chi connectivity index (χ4n) is 2.19. The minimum Gasteiger partial charge on any atom is -0.380 e. The second-order valence-electron chi connectivity index (χ2n) is 6.13. The maximum absolute atomic E-state index is 12.1. The van der Waals surface area contributed by atoms with Gasteiger partial charge in [-0.25, -0.2) is 0 Å². The number of nitro benzene ring substituents is 1. The van der Waals surface area contributed by atoms with E-state index >= 15 is 0 Å². The van der Waals surface area contributed by atoms with E-state index in [1.807, 2.05) is 6.92 Å². The van der Waals surface area contributed by atoms with Crippen molar-refractivity contribution in [3.8, 4) is 0 Å². The van der Waals surface area contributed by atoms with Crippen molar-refractivity contribution >= 4 is 17.3 Å². The molecule has 21 heavy (non-hydrogen) atoms. The van der Waals surface area contributed by atoms with Gasteiger partial charge in [-0.05, 0) is 30.4 Å². The number of nitro groups is 1. The van der Waals surface area contributed by atoms with Gasteiger partial charge in [0, 0.05) is 24.2 Å². The maximum atomic E-state index is 12.1. The van der Waals surface area contributed by atoms with Crippen molar-refractivity contribution in [2.24, 2.45) is 5.41 Å². The van der Waals surface area contributed by atoms with Crippen LogP contribution in [-0.2, 0) is 0 Å². The Morgan fingerprint density at radius 3 is 2.67 bits per heavy atom. The molecule has 1 atom stereocenters. The minimum atomic E-state index is -0.462. The van der Waals surface area contributed by atoms with E-state index in [2.05, 4.69) is 24.5 Å². The van der Waals surface area contributed by atoms with Crippen molar-refractivity contribution in [3.63, 3.8) is 0 Å². The third-order valence-electron chi connectivity index (χ3n) is 3.84. The summed E-state index contributed by atoms with van der Waals surface area (Å²) < 4.78 is 0. The number of nitrogens with one attached hydrogen (secondary N) is 2. The lowest BCUT2D eigenvalue weighted by molar-refractivity contribution is -0.384. The van der Waals surface area contributed by atoms with Gasteiger partial charge in [-0.2, -0.15) is 0 Å². The Bertz CT molecular complexity index is 569. The molecule has 1 aromatic rings. The molecule has 1 aromatic carbocycles. The van der Waals surface area contributed by atoms with Gasteiger partial charge in [0.1, 0.15) is 5.69 Å². The van der Waals surface area contributed by atoms with E-state index in [-0.39, 0.29) is 23.1 Å². The number of hydrogen-bond donors (Lipinski definition) is 2. The molecule has 2 rings (SSSR count). The first-order valence-electron chi connectivity index (χ1n) is 7.18. The molecule has 0 aliphatic heterocycles. The van der Waals surface area contributed by atoms with Crippen LogP contribution in [0.1, 0.15) is 44.0 Å². The van der Waals surface area contributed by atoms with Crippen LogP contribution in [0.2, 0.25) is 0 Å². The summed E-state index contributed by atoms with van der Waals surface area (Å²) in [6, 6.07) is 4.71. The number of anilines is 1. The van der Waals surface area contributed by atoms with Crippen molar-refractivity contribution < 1.29 is 9.72 Å². The Morgan fingerprint density at radius 2 is 2.14 bits per heavy atom. The van der Waals surface area contributed by atoms with Gasteiger partial charge in [0.15, 0.2) is 0 Å². The van der Waals surface area contributed by atoms with Gasteiger partial charge in [0.05, 0.1) is 4.92 Å². The second-order valence-corrected chi connectivity index (χ2v) is 6.13. The van der Waals surface area contributed by atoms with Gasteiger partial charge in [0.25, 0.3) is 11.6 Å². The smallest absolute Gasteiger partial charge is 0.293 e. The van der Waals surface area contributed by atoms with Gasteiger partial charge in [0.2, 0.25) is 0 Å². The molecule has 1 unspecified atom stereocenters. The first-order valence-corrected chi connectivity index (χ1v) is 7.18. The Hall–Kier alpha value is -2.11. The monoisotopic (exact) mass is 291 g/mol. The normalized spacial score (nSPS) is 18.9. The highest BCUT2D eigenvalue weighted by Crippen LogP contribution is 2.44. The van der Waals surface area contributed by atoms with E-state index < -0.39 is 4.92 Å². The first-order chi connectivity index (χ1) is 9.85. The average Bonchev–Trinajstić information content (AvgIpc) is 3.02. The summed E-state index contributed by atoms with van der Waals surface area (Å²) in [5.41, 5.74) is 0.840. The van der Waals surface area contributed by atoms with Gasteiger partial charge >= 0.3 is 0 Å². The van der Waals surface area contributed by atoms with Gasteiger partial charge < -0.3 is 10.6 Å². The fraction of sp³-hybridized carbons (Fsp3) is 0.533. The zero-order valence-corrected chi connectivity index (χ0v) is 12.6. The lowest BCUT2D eigenvalue weighted by Gasteiger charge is -2.09. The van der Waals surface area contributed by atoms with Crippen LogP contribution in [0.5, 0.6) is 0 Å². The molecule has 0 heterocycles. The van der Waals surface area contributed by atoms with E-state index in [4.69, 9.17) is 0 Å². The highest BCUT2D eigenvalue weighted by atomic mass is 16.6. The number of hydrogen-bond acceptors (Lipinski definition) is 4. The molecule has 0 saturated heterocycles. The van der Waals surface area contributed by atoms with Crippen LogP contribution in [0.4, 0.5) is 11.4 Å². The quantitative estimate of drug-likeness (QED) is 0.623. The number of benzene rings is 1. The number of nitrogens with zero attached hydrogens (tertiary/aromatic N) is 1. The summed E-state index contributed by atoms with van der Waals surface area (Å²) >= 11 is 0. The zero-order chi connectivity index (χ0) is 15.6. The lowest BCUT2D eigenvalue weighted by Crippen LogP contribution is -2.28. The summed E-state index contributed by atoms with van der Waals surface area (Å²) in [6.45, 7) is 6.80. The largest absolute Gasteiger partial charge is 0.380 e.